The second kappa shape index (κ2) is 19.3. The minimum Gasteiger partial charge on any atom is -0.493 e. The van der Waals surface area contributed by atoms with Crippen molar-refractivity contribution in [1.29, 1.82) is 5.26 Å². The number of piperidine rings is 3. The third-order valence-corrected chi connectivity index (χ3v) is 14.5. The predicted molar refractivity (Wildman–Crippen MR) is 246 cm³/mol. The molecule has 0 bridgehead atoms. The molecule has 16 nitrogen and oxygen atoms in total. The largest absolute Gasteiger partial charge is 0.493 e. The van der Waals surface area contributed by atoms with Gasteiger partial charge >= 0.3 is 0 Å². The van der Waals surface area contributed by atoms with E-state index in [1.807, 2.05) is 35.7 Å². The number of amides is 5. The molecular weight excluding hydrogens is 839 g/mol. The van der Waals surface area contributed by atoms with Gasteiger partial charge in [0.2, 0.25) is 17.7 Å². The molecule has 1 unspecified atom stereocenters. The Morgan fingerprint density at radius 3 is 2.36 bits per heavy atom. The summed E-state index contributed by atoms with van der Waals surface area (Å²) in [6.45, 7) is 10.0. The lowest BCUT2D eigenvalue weighted by Crippen LogP contribution is -2.50. The average Bonchev–Trinajstić information content (AvgIpc) is 3.79. The van der Waals surface area contributed by atoms with Crippen LogP contribution in [0.15, 0.2) is 54.6 Å². The Kier molecular flexibility index (Phi) is 13.1. The number of carbonyl (C=O) groups excluding carboxylic acids is 5. The second-order valence-electron chi connectivity index (χ2n) is 18.4. The highest BCUT2D eigenvalue weighted by Gasteiger charge is 2.43. The standard InChI is InChI=1S/C50H59N9O7/c1-4-66-43-29-35(9-12-42(43)65-3)39(14-19-51)59-49(63)37-6-5-7-40(46(37)50(59)64)57-26-24-56(25-27-57)30-32-15-22-58(23-16-32)45(61)31-55-20-17-33(18-21-55)34-8-10-36-41(28-34)54(2)53-47(36)38-11-13-44(60)52-48(38)62/h5-10,12,28-29,32-33,38-39H,4,11,13-18,20-27,30-31H2,1-3H3,(H,52,60,62)/t38?,39-/m1/s1. The lowest BCUT2D eigenvalue weighted by molar-refractivity contribution is -0.135. The van der Waals surface area contributed by atoms with E-state index >= 15 is 0 Å². The Morgan fingerprint density at radius 1 is 0.879 bits per heavy atom. The molecule has 5 aliphatic heterocycles. The Labute approximate surface area is 385 Å². The van der Waals surface area contributed by atoms with Crippen molar-refractivity contribution < 1.29 is 33.4 Å². The molecule has 6 heterocycles. The molecule has 0 spiro atoms. The van der Waals surface area contributed by atoms with Crippen LogP contribution in [0.25, 0.3) is 10.9 Å². The van der Waals surface area contributed by atoms with Crippen LogP contribution in [0, 0.1) is 17.2 Å². The van der Waals surface area contributed by atoms with Crippen molar-refractivity contribution in [3.8, 4) is 17.6 Å². The van der Waals surface area contributed by atoms with Gasteiger partial charge in [-0.2, -0.15) is 10.4 Å². The fourth-order valence-electron chi connectivity index (χ4n) is 10.8. The molecule has 4 fully saturated rings. The maximum Gasteiger partial charge on any atom is 0.264 e. The van der Waals surface area contributed by atoms with Crippen molar-refractivity contribution in [1.82, 2.24) is 34.7 Å². The van der Waals surface area contributed by atoms with Gasteiger partial charge in [0.15, 0.2) is 11.5 Å². The van der Waals surface area contributed by atoms with Gasteiger partial charge in [-0.15, -0.1) is 0 Å². The highest BCUT2D eigenvalue weighted by Crippen LogP contribution is 2.41. The molecule has 5 aliphatic rings. The Hall–Kier alpha value is -6.31. The van der Waals surface area contributed by atoms with Crippen LogP contribution in [0.1, 0.15) is 107 Å². The summed E-state index contributed by atoms with van der Waals surface area (Å²) in [5.74, 6) is 0.384. The number of imide groups is 2. The average molecular weight is 898 g/mol. The van der Waals surface area contributed by atoms with Crippen LogP contribution < -0.4 is 19.7 Å². The van der Waals surface area contributed by atoms with Crippen LogP contribution in [-0.4, -0.2) is 138 Å². The molecule has 66 heavy (non-hydrogen) atoms. The highest BCUT2D eigenvalue weighted by molar-refractivity contribution is 6.24. The molecule has 0 saturated carbocycles. The van der Waals surface area contributed by atoms with E-state index in [1.54, 1.807) is 31.4 Å². The van der Waals surface area contributed by atoms with Crippen molar-refractivity contribution in [2.75, 3.05) is 84.1 Å². The zero-order chi connectivity index (χ0) is 46.1. The van der Waals surface area contributed by atoms with Crippen LogP contribution in [-0.2, 0) is 21.4 Å². The van der Waals surface area contributed by atoms with Gasteiger partial charge in [0.25, 0.3) is 11.8 Å². The number of anilines is 1. The summed E-state index contributed by atoms with van der Waals surface area (Å²) in [5.41, 5.74) is 5.09. The minimum absolute atomic E-state index is 0.0597. The zero-order valence-corrected chi connectivity index (χ0v) is 38.2. The van der Waals surface area contributed by atoms with E-state index in [-0.39, 0.29) is 24.1 Å². The summed E-state index contributed by atoms with van der Waals surface area (Å²) in [6, 6.07) is 18.5. The first kappa shape index (κ1) is 44.9. The summed E-state index contributed by atoms with van der Waals surface area (Å²) in [5, 5.41) is 17.9. The van der Waals surface area contributed by atoms with E-state index in [0.29, 0.717) is 79.1 Å². The maximum absolute atomic E-state index is 14.2. The number of fused-ring (bicyclic) bond motifs is 2. The number of hydrogen-bond acceptors (Lipinski definition) is 12. The van der Waals surface area contributed by atoms with E-state index < -0.39 is 23.8 Å². The van der Waals surface area contributed by atoms with Gasteiger partial charge in [-0.25, -0.2) is 0 Å². The van der Waals surface area contributed by atoms with Gasteiger partial charge in [-0.3, -0.25) is 48.7 Å². The molecule has 16 heteroatoms. The Bertz CT molecular complexity index is 2560. The van der Waals surface area contributed by atoms with Crippen LogP contribution in [0.5, 0.6) is 11.5 Å². The second-order valence-corrected chi connectivity index (χ2v) is 18.4. The first-order valence-electron chi connectivity index (χ1n) is 23.5. The third kappa shape index (κ3) is 8.86. The van der Waals surface area contributed by atoms with E-state index in [2.05, 4.69) is 44.3 Å². The number of nitrogens with one attached hydrogen (secondary N) is 1. The van der Waals surface area contributed by atoms with Gasteiger partial charge in [0.05, 0.1) is 72.7 Å². The van der Waals surface area contributed by atoms with E-state index in [1.165, 1.54) is 10.5 Å². The lowest BCUT2D eigenvalue weighted by Gasteiger charge is -2.40. The third-order valence-electron chi connectivity index (χ3n) is 14.5. The number of piperazine rings is 1. The number of aromatic nitrogens is 2. The first-order chi connectivity index (χ1) is 32.0. The summed E-state index contributed by atoms with van der Waals surface area (Å²) >= 11 is 0. The summed E-state index contributed by atoms with van der Waals surface area (Å²) in [4.78, 5) is 76.3. The molecule has 0 aliphatic carbocycles. The van der Waals surface area contributed by atoms with E-state index in [9.17, 15) is 29.2 Å². The van der Waals surface area contributed by atoms with Crippen LogP contribution >= 0.6 is 0 Å². The Balaban J connectivity index is 0.736. The Morgan fingerprint density at radius 2 is 1.65 bits per heavy atom. The number of likely N-dealkylation sites (tertiary alicyclic amines) is 2. The quantitative estimate of drug-likeness (QED) is 0.179. The zero-order valence-electron chi connectivity index (χ0n) is 38.2. The number of rotatable bonds is 13. The summed E-state index contributed by atoms with van der Waals surface area (Å²) in [7, 11) is 3.45. The maximum atomic E-state index is 14.2. The van der Waals surface area contributed by atoms with Crippen LogP contribution in [0.2, 0.25) is 0 Å². The molecule has 1 N–H and O–H groups in total. The molecule has 0 radical (unpaired) electrons. The normalized spacial score (nSPS) is 20.7. The summed E-state index contributed by atoms with van der Waals surface area (Å²) in [6.07, 6.45) is 4.61. The van der Waals surface area contributed by atoms with Gasteiger partial charge in [-0.05, 0) is 105 Å². The molecule has 4 saturated heterocycles. The molecule has 346 valence electrons. The van der Waals surface area contributed by atoms with Gasteiger partial charge in [0, 0.05) is 64.7 Å². The molecule has 9 rings (SSSR count). The predicted octanol–water partition coefficient (Wildman–Crippen LogP) is 4.99. The SMILES string of the molecule is CCOc1cc([C@@H](CC#N)N2C(=O)c3cccc(N4CCN(CC5CCN(C(=O)CN6CCC(c7ccc8c(C9CCC(=O)NC9=O)nn(C)c8c7)CC6)CC5)CC4)c3C2=O)ccc1OC. The molecule has 2 atom stereocenters. The van der Waals surface area contributed by atoms with Crippen molar-refractivity contribution in [3.05, 3.63) is 82.5 Å². The smallest absolute Gasteiger partial charge is 0.264 e. The van der Waals surface area contributed by atoms with Gasteiger partial charge in [0.1, 0.15) is 0 Å². The van der Waals surface area contributed by atoms with Crippen molar-refractivity contribution in [3.63, 3.8) is 0 Å². The number of carbonyl (C=O) groups is 5. The fraction of sp³-hybridized carbons (Fsp3) is 0.500. The molecular formula is C50H59N9O7. The molecule has 5 amide bonds. The number of benzene rings is 3. The number of ether oxygens (including phenoxy) is 2. The number of nitrogens with zero attached hydrogens (tertiary/aromatic N) is 8. The highest BCUT2D eigenvalue weighted by atomic mass is 16.5. The monoisotopic (exact) mass is 897 g/mol. The van der Waals surface area contributed by atoms with Crippen molar-refractivity contribution in [2.45, 2.75) is 69.7 Å². The number of aryl methyl sites for hydroxylation is 1. The van der Waals surface area contributed by atoms with Gasteiger partial charge < -0.3 is 19.3 Å². The molecule has 4 aromatic rings. The van der Waals surface area contributed by atoms with Crippen molar-refractivity contribution >= 4 is 46.1 Å². The minimum atomic E-state index is -0.788. The number of methoxy groups -OCH3 is 1. The van der Waals surface area contributed by atoms with E-state index in [0.717, 1.165) is 93.8 Å². The molecule has 1 aromatic heterocycles. The van der Waals surface area contributed by atoms with Crippen LogP contribution in [0.4, 0.5) is 5.69 Å². The topological polar surface area (TPSA) is 174 Å². The van der Waals surface area contributed by atoms with Crippen LogP contribution in [0.3, 0.4) is 0 Å². The first-order valence-corrected chi connectivity index (χ1v) is 23.5. The number of nitriles is 1. The fourth-order valence-corrected chi connectivity index (χ4v) is 10.8. The van der Waals surface area contributed by atoms with Gasteiger partial charge in [-0.1, -0.05) is 24.3 Å². The van der Waals surface area contributed by atoms with E-state index in [4.69, 9.17) is 14.6 Å². The van der Waals surface area contributed by atoms with Crippen molar-refractivity contribution in [2.24, 2.45) is 13.0 Å². The molecule has 3 aromatic carbocycles. The lowest BCUT2D eigenvalue weighted by atomic mass is 9.88. The number of hydrogen-bond donors (Lipinski definition) is 1. The summed E-state index contributed by atoms with van der Waals surface area (Å²) < 4.78 is 13.1.